The summed E-state index contributed by atoms with van der Waals surface area (Å²) < 4.78 is 9.90. The number of ether oxygens (including phenoxy) is 2. The Kier molecular flexibility index (Phi) is 6.42. The molecule has 0 aromatic rings. The molecule has 1 aliphatic rings. The first-order chi connectivity index (χ1) is 9.89. The SMILES string of the molecule is C=CC(C)(C)CC=C(NC(=O)N1CCOCC1)C(=O)OC. The van der Waals surface area contributed by atoms with Crippen molar-refractivity contribution < 1.29 is 19.1 Å². The third-order valence-electron chi connectivity index (χ3n) is 3.33. The number of hydrogen-bond donors (Lipinski definition) is 1. The summed E-state index contributed by atoms with van der Waals surface area (Å²) in [4.78, 5) is 25.5. The molecule has 1 heterocycles. The van der Waals surface area contributed by atoms with Gasteiger partial charge in [0.25, 0.3) is 0 Å². The molecular weight excluding hydrogens is 272 g/mol. The van der Waals surface area contributed by atoms with Crippen LogP contribution in [0, 0.1) is 5.41 Å². The number of nitrogens with one attached hydrogen (secondary N) is 1. The molecule has 0 saturated carbocycles. The van der Waals surface area contributed by atoms with Crippen molar-refractivity contribution in [3.63, 3.8) is 0 Å². The number of allylic oxidation sites excluding steroid dienone is 2. The third kappa shape index (κ3) is 5.59. The van der Waals surface area contributed by atoms with Crippen molar-refractivity contribution in [2.75, 3.05) is 33.4 Å². The monoisotopic (exact) mass is 296 g/mol. The number of urea groups is 1. The van der Waals surface area contributed by atoms with Gasteiger partial charge in [-0.3, -0.25) is 0 Å². The lowest BCUT2D eigenvalue weighted by molar-refractivity contribution is -0.136. The summed E-state index contributed by atoms with van der Waals surface area (Å²) in [5.41, 5.74) is -0.00732. The second-order valence-electron chi connectivity index (χ2n) is 5.54. The van der Waals surface area contributed by atoms with E-state index in [1.807, 2.05) is 19.9 Å². The maximum absolute atomic E-state index is 12.1. The number of morpholine rings is 1. The van der Waals surface area contributed by atoms with Gasteiger partial charge in [0.2, 0.25) is 0 Å². The van der Waals surface area contributed by atoms with Crippen molar-refractivity contribution in [1.82, 2.24) is 10.2 Å². The van der Waals surface area contributed by atoms with E-state index in [-0.39, 0.29) is 17.1 Å². The minimum Gasteiger partial charge on any atom is -0.464 e. The zero-order valence-corrected chi connectivity index (χ0v) is 13.0. The average molecular weight is 296 g/mol. The number of amides is 2. The Labute approximate surface area is 125 Å². The van der Waals surface area contributed by atoms with Gasteiger partial charge in [-0.2, -0.15) is 0 Å². The van der Waals surface area contributed by atoms with Gasteiger partial charge in [-0.1, -0.05) is 26.0 Å². The third-order valence-corrected chi connectivity index (χ3v) is 3.33. The van der Waals surface area contributed by atoms with E-state index >= 15 is 0 Å². The molecule has 1 fully saturated rings. The minimum atomic E-state index is -0.559. The molecule has 0 atom stereocenters. The predicted octanol–water partition coefficient (Wildman–Crippen LogP) is 1.69. The number of carbonyl (C=O) groups excluding carboxylic acids is 2. The first-order valence-corrected chi connectivity index (χ1v) is 6.95. The van der Waals surface area contributed by atoms with Gasteiger partial charge in [-0.05, 0) is 11.8 Å². The fourth-order valence-electron chi connectivity index (χ4n) is 1.70. The molecule has 1 saturated heterocycles. The zero-order chi connectivity index (χ0) is 15.9. The maximum Gasteiger partial charge on any atom is 0.354 e. The van der Waals surface area contributed by atoms with Gasteiger partial charge in [-0.15, -0.1) is 6.58 Å². The van der Waals surface area contributed by atoms with Crippen LogP contribution in [0.3, 0.4) is 0 Å². The highest BCUT2D eigenvalue weighted by atomic mass is 16.5. The number of carbonyl (C=O) groups is 2. The van der Waals surface area contributed by atoms with Crippen LogP contribution in [-0.2, 0) is 14.3 Å². The van der Waals surface area contributed by atoms with Crippen LogP contribution in [0.2, 0.25) is 0 Å². The molecule has 0 spiro atoms. The van der Waals surface area contributed by atoms with Crippen molar-refractivity contribution >= 4 is 12.0 Å². The summed E-state index contributed by atoms with van der Waals surface area (Å²) in [5, 5.41) is 2.62. The Hall–Kier alpha value is -1.82. The standard InChI is InChI=1S/C15H24N2O4/c1-5-15(2,3)7-6-12(13(18)20-4)16-14(19)17-8-10-21-11-9-17/h5-6H,1,7-11H2,2-4H3,(H,16,19). The van der Waals surface area contributed by atoms with Crippen LogP contribution in [0.15, 0.2) is 24.4 Å². The molecule has 21 heavy (non-hydrogen) atoms. The molecular formula is C15H24N2O4. The summed E-state index contributed by atoms with van der Waals surface area (Å²) in [6.07, 6.45) is 4.05. The van der Waals surface area contributed by atoms with E-state index in [0.717, 1.165) is 0 Å². The normalized spacial score (nSPS) is 16.3. The molecule has 1 rings (SSSR count). The Bertz CT molecular complexity index is 423. The van der Waals surface area contributed by atoms with Crippen molar-refractivity contribution in [2.24, 2.45) is 5.41 Å². The maximum atomic E-state index is 12.1. The molecule has 1 N–H and O–H groups in total. The second-order valence-corrected chi connectivity index (χ2v) is 5.54. The van der Waals surface area contributed by atoms with E-state index in [0.29, 0.717) is 32.7 Å². The molecule has 0 radical (unpaired) electrons. The lowest BCUT2D eigenvalue weighted by Crippen LogP contribution is -2.46. The van der Waals surface area contributed by atoms with Crippen LogP contribution in [0.25, 0.3) is 0 Å². The van der Waals surface area contributed by atoms with E-state index in [4.69, 9.17) is 9.47 Å². The largest absolute Gasteiger partial charge is 0.464 e. The number of nitrogens with zero attached hydrogens (tertiary/aromatic N) is 1. The number of rotatable bonds is 5. The number of hydrogen-bond acceptors (Lipinski definition) is 4. The van der Waals surface area contributed by atoms with Gasteiger partial charge in [0.05, 0.1) is 20.3 Å². The van der Waals surface area contributed by atoms with E-state index < -0.39 is 5.97 Å². The average Bonchev–Trinajstić information content (AvgIpc) is 2.51. The van der Waals surface area contributed by atoms with Crippen molar-refractivity contribution in [3.05, 3.63) is 24.4 Å². The van der Waals surface area contributed by atoms with Gasteiger partial charge in [0.1, 0.15) is 5.70 Å². The Balaban J connectivity index is 2.73. The Morgan fingerprint density at radius 1 is 1.38 bits per heavy atom. The lowest BCUT2D eigenvalue weighted by Gasteiger charge is -2.27. The summed E-state index contributed by atoms with van der Waals surface area (Å²) >= 11 is 0. The van der Waals surface area contributed by atoms with Crippen LogP contribution < -0.4 is 5.32 Å². The van der Waals surface area contributed by atoms with Crippen LogP contribution in [0.4, 0.5) is 4.79 Å². The molecule has 1 aliphatic heterocycles. The second kappa shape index (κ2) is 7.83. The van der Waals surface area contributed by atoms with Gasteiger partial charge in [0, 0.05) is 13.1 Å². The molecule has 2 amide bonds. The smallest absolute Gasteiger partial charge is 0.354 e. The topological polar surface area (TPSA) is 67.9 Å². The molecule has 6 nitrogen and oxygen atoms in total. The first-order valence-electron chi connectivity index (χ1n) is 6.95. The Morgan fingerprint density at radius 3 is 2.52 bits per heavy atom. The van der Waals surface area contributed by atoms with Crippen LogP contribution in [0.5, 0.6) is 0 Å². The highest BCUT2D eigenvalue weighted by Crippen LogP contribution is 2.22. The van der Waals surface area contributed by atoms with E-state index in [2.05, 4.69) is 11.9 Å². The molecule has 6 heteroatoms. The predicted molar refractivity (Wildman–Crippen MR) is 79.6 cm³/mol. The summed E-state index contributed by atoms with van der Waals surface area (Å²) in [6.45, 7) is 9.79. The van der Waals surface area contributed by atoms with E-state index in [1.54, 1.807) is 11.0 Å². The van der Waals surface area contributed by atoms with E-state index in [1.165, 1.54) is 7.11 Å². The first kappa shape index (κ1) is 17.2. The molecule has 0 aromatic heterocycles. The Morgan fingerprint density at radius 2 is 2.00 bits per heavy atom. The quantitative estimate of drug-likeness (QED) is 0.476. The van der Waals surface area contributed by atoms with Gasteiger partial charge in [-0.25, -0.2) is 9.59 Å². The van der Waals surface area contributed by atoms with E-state index in [9.17, 15) is 9.59 Å². The molecule has 0 unspecified atom stereocenters. The van der Waals surface area contributed by atoms with Crippen LogP contribution in [-0.4, -0.2) is 50.3 Å². The number of esters is 1. The summed E-state index contributed by atoms with van der Waals surface area (Å²) in [7, 11) is 1.29. The summed E-state index contributed by atoms with van der Waals surface area (Å²) in [5.74, 6) is -0.559. The molecule has 118 valence electrons. The van der Waals surface area contributed by atoms with Crippen molar-refractivity contribution in [2.45, 2.75) is 20.3 Å². The van der Waals surface area contributed by atoms with Crippen molar-refractivity contribution in [3.8, 4) is 0 Å². The fraction of sp³-hybridized carbons (Fsp3) is 0.600. The van der Waals surface area contributed by atoms with Crippen LogP contribution in [0.1, 0.15) is 20.3 Å². The van der Waals surface area contributed by atoms with Crippen molar-refractivity contribution in [1.29, 1.82) is 0 Å². The lowest BCUT2D eigenvalue weighted by atomic mass is 9.89. The summed E-state index contributed by atoms with van der Waals surface area (Å²) in [6, 6.07) is -0.314. The van der Waals surface area contributed by atoms with Crippen LogP contribution >= 0.6 is 0 Å². The number of methoxy groups -OCH3 is 1. The fourth-order valence-corrected chi connectivity index (χ4v) is 1.70. The highest BCUT2D eigenvalue weighted by molar-refractivity contribution is 5.93. The molecule has 0 aromatic carbocycles. The highest BCUT2D eigenvalue weighted by Gasteiger charge is 2.21. The zero-order valence-electron chi connectivity index (χ0n) is 13.0. The van der Waals surface area contributed by atoms with Gasteiger partial charge in [0.15, 0.2) is 0 Å². The van der Waals surface area contributed by atoms with Gasteiger partial charge < -0.3 is 19.7 Å². The molecule has 0 aliphatic carbocycles. The minimum absolute atomic E-state index is 0.156. The molecule has 0 bridgehead atoms. The van der Waals surface area contributed by atoms with Gasteiger partial charge >= 0.3 is 12.0 Å².